The molecule has 0 fully saturated rings. The van der Waals surface area contributed by atoms with E-state index in [4.69, 9.17) is 34.0 Å². The Balaban J connectivity index is 1.30. The predicted molar refractivity (Wildman–Crippen MR) is 311 cm³/mol. The minimum atomic E-state index is -4.54. The lowest BCUT2D eigenvalue weighted by Gasteiger charge is -2.24. The summed E-state index contributed by atoms with van der Waals surface area (Å²) in [5, 5.41) is 3.35. The zero-order valence-corrected chi connectivity index (χ0v) is 49.1. The molecule has 0 saturated heterocycles. The Morgan fingerprint density at radius 2 is 1.34 bits per heavy atom. The van der Waals surface area contributed by atoms with Gasteiger partial charge in [0.2, 0.25) is 0 Å². The van der Waals surface area contributed by atoms with Crippen molar-refractivity contribution in [1.82, 2.24) is 14.5 Å². The number of nitrogens with one attached hydrogen (secondary N) is 1. The van der Waals surface area contributed by atoms with E-state index in [9.17, 15) is 28.6 Å². The number of phosphoric ester groups is 1. The lowest BCUT2D eigenvalue weighted by atomic mass is 10.0. The van der Waals surface area contributed by atoms with Crippen molar-refractivity contribution in [1.29, 1.82) is 0 Å². The van der Waals surface area contributed by atoms with E-state index in [-0.39, 0.29) is 31.8 Å². The molecule has 0 aliphatic carbocycles. The molecule has 2 amide bonds. The van der Waals surface area contributed by atoms with Crippen LogP contribution in [0.1, 0.15) is 177 Å². The smallest absolute Gasteiger partial charge is 0.462 e. The average Bonchev–Trinajstić information content (AvgIpc) is 3.79. The summed E-state index contributed by atoms with van der Waals surface area (Å²) in [5.74, 6) is -0.623. The van der Waals surface area contributed by atoms with Crippen LogP contribution in [-0.4, -0.2) is 120 Å². The number of benzene rings is 2. The number of quaternary nitrogens is 1. The lowest BCUT2D eigenvalue weighted by molar-refractivity contribution is -0.870. The third-order valence-electron chi connectivity index (χ3n) is 13.4. The van der Waals surface area contributed by atoms with Crippen LogP contribution in [0.15, 0.2) is 71.9 Å². The van der Waals surface area contributed by atoms with Crippen molar-refractivity contribution in [2.24, 2.45) is 17.8 Å². The minimum Gasteiger partial charge on any atom is -0.462 e. The van der Waals surface area contributed by atoms with Gasteiger partial charge in [-0.3, -0.25) is 28.3 Å². The highest BCUT2D eigenvalue weighted by molar-refractivity contribution is 7.47. The fraction of sp³-hybridized carbons (Fsp3) is 0.610. The summed E-state index contributed by atoms with van der Waals surface area (Å²) in [6, 6.07) is 17.4. The number of carbonyl (C=O) groups excluding carboxylic acids is 4. The molecule has 2 heterocycles. The molecule has 0 bridgehead atoms. The number of amidine groups is 1. The number of carbonyl (C=O) groups is 4. The van der Waals surface area contributed by atoms with Gasteiger partial charge in [0, 0.05) is 43.0 Å². The molecule has 2 aromatic heterocycles. The molecule has 0 saturated carbocycles. The SMILES string of the molecule is CCCCCCCCCCCCCCCCCCC(=O)OC(COC(=O)CCN(C(=O)c1ccc2c(c1)nc(CNc1ccc(/C(N)=N/C(=O)OCCCCCC)cc1)n2C)c1ccccn1)COP(=O)(O)OCC[N+](C)(C)C. The number of aromatic nitrogens is 3. The van der Waals surface area contributed by atoms with Crippen LogP contribution in [0, 0.1) is 0 Å². The third-order valence-corrected chi connectivity index (χ3v) is 14.4. The summed E-state index contributed by atoms with van der Waals surface area (Å²) in [6.07, 6.45) is 22.7. The third kappa shape index (κ3) is 26.9. The number of rotatable bonds is 41. The number of ether oxygens (including phenoxy) is 3. The zero-order chi connectivity index (χ0) is 57.3. The molecular formula is C59H92N8O11P+. The summed E-state index contributed by atoms with van der Waals surface area (Å²) in [6.45, 7) is 4.27. The minimum absolute atomic E-state index is 0.0531. The maximum Gasteiger partial charge on any atom is 0.472 e. The number of hydrogen-bond donors (Lipinski definition) is 3. The van der Waals surface area contributed by atoms with Gasteiger partial charge in [-0.2, -0.15) is 4.99 Å². The molecule has 0 spiro atoms. The van der Waals surface area contributed by atoms with E-state index in [2.05, 4.69) is 29.1 Å². The van der Waals surface area contributed by atoms with Crippen LogP contribution in [0.4, 0.5) is 16.3 Å². The topological polar surface area (TPSA) is 236 Å². The Morgan fingerprint density at radius 3 is 1.95 bits per heavy atom. The summed E-state index contributed by atoms with van der Waals surface area (Å²) >= 11 is 0. The van der Waals surface area contributed by atoms with E-state index in [0.717, 1.165) is 56.1 Å². The van der Waals surface area contributed by atoms with E-state index in [1.807, 2.05) is 44.9 Å². The van der Waals surface area contributed by atoms with E-state index in [0.29, 0.717) is 58.9 Å². The number of amides is 2. The highest BCUT2D eigenvalue weighted by Gasteiger charge is 2.28. The molecule has 19 nitrogen and oxygen atoms in total. The second-order valence-electron chi connectivity index (χ2n) is 21.2. The van der Waals surface area contributed by atoms with Crippen molar-refractivity contribution in [3.63, 3.8) is 0 Å². The number of phosphoric acid groups is 1. The maximum absolute atomic E-state index is 14.3. The molecular weight excluding hydrogens is 1030 g/mol. The molecule has 4 N–H and O–H groups in total. The summed E-state index contributed by atoms with van der Waals surface area (Å²) in [5.41, 5.74) is 9.11. The number of esters is 2. The van der Waals surface area contributed by atoms with E-state index in [1.54, 1.807) is 54.7 Å². The Kier molecular flexibility index (Phi) is 30.4. The van der Waals surface area contributed by atoms with Crippen molar-refractivity contribution in [2.45, 2.75) is 168 Å². The molecule has 4 rings (SSSR count). The zero-order valence-electron chi connectivity index (χ0n) is 48.2. The van der Waals surface area contributed by atoms with E-state index in [1.165, 1.54) is 81.9 Å². The van der Waals surface area contributed by atoms with Crippen LogP contribution in [0.2, 0.25) is 0 Å². The van der Waals surface area contributed by atoms with Crippen molar-refractivity contribution >= 4 is 60.1 Å². The Morgan fingerprint density at radius 1 is 0.734 bits per heavy atom. The number of aryl methyl sites for hydroxylation is 1. The molecule has 0 radical (unpaired) electrons. The molecule has 20 heteroatoms. The standard InChI is InChI=1S/C59H91N8O11P/c1-7-9-11-13-14-15-16-17-18-19-20-21-22-23-24-25-30-56(69)78-50(46-77-79(72,73)76-42-40-67(4,5)6)45-75-55(68)37-39-66(53-29-26-27-38-61-53)58(70)48-33-36-52-51(43-48)63-54(65(52)3)44-62-49-34-31-47(32-35-49)57(60)64-59(71)74-41-28-12-10-8-2/h26-27,29,31-36,38,43,50H,7-25,28,30,37,39-42,44-46H2,1-6H3,(H3-,60,62,64,71,72,73)/p+1. The van der Waals surface area contributed by atoms with Gasteiger partial charge in [0.05, 0.1) is 58.4 Å². The monoisotopic (exact) mass is 1120 g/mol. The van der Waals surface area contributed by atoms with E-state index >= 15 is 0 Å². The average molecular weight is 1120 g/mol. The Hall–Kier alpha value is -5.72. The highest BCUT2D eigenvalue weighted by atomic mass is 31.2. The van der Waals surface area contributed by atoms with Crippen molar-refractivity contribution in [2.75, 3.05) is 70.9 Å². The molecule has 438 valence electrons. The van der Waals surface area contributed by atoms with Crippen LogP contribution in [0.5, 0.6) is 0 Å². The molecule has 2 atom stereocenters. The van der Waals surface area contributed by atoms with Crippen molar-refractivity contribution in [3.05, 3.63) is 83.8 Å². The largest absolute Gasteiger partial charge is 0.472 e. The molecule has 0 aliphatic heterocycles. The van der Waals surface area contributed by atoms with Crippen molar-refractivity contribution < 1.29 is 56.4 Å². The Labute approximate surface area is 469 Å². The second kappa shape index (κ2) is 36.5. The molecule has 2 unspecified atom stereocenters. The van der Waals surface area contributed by atoms with Crippen LogP contribution in [-0.2, 0) is 51.0 Å². The number of hydrogen-bond acceptors (Lipinski definition) is 13. The summed E-state index contributed by atoms with van der Waals surface area (Å²) in [4.78, 5) is 77.8. The summed E-state index contributed by atoms with van der Waals surface area (Å²) < 4.78 is 42.0. The number of imidazole rings is 1. The van der Waals surface area contributed by atoms with Crippen LogP contribution in [0.3, 0.4) is 0 Å². The van der Waals surface area contributed by atoms with Gasteiger partial charge in [-0.15, -0.1) is 0 Å². The first-order valence-corrected chi connectivity index (χ1v) is 30.3. The van der Waals surface area contributed by atoms with Gasteiger partial charge in [-0.25, -0.2) is 19.3 Å². The maximum atomic E-state index is 14.3. The summed E-state index contributed by atoms with van der Waals surface area (Å²) in [7, 11) is 3.08. The molecule has 79 heavy (non-hydrogen) atoms. The lowest BCUT2D eigenvalue weighted by Crippen LogP contribution is -2.37. The molecule has 2 aromatic carbocycles. The second-order valence-corrected chi connectivity index (χ2v) is 22.7. The van der Waals surface area contributed by atoms with Crippen LogP contribution < -0.4 is 16.0 Å². The number of nitrogens with zero attached hydrogens (tertiary/aromatic N) is 6. The van der Waals surface area contributed by atoms with Gasteiger partial charge in [0.15, 0.2) is 6.10 Å². The number of anilines is 2. The first kappa shape index (κ1) is 65.8. The van der Waals surface area contributed by atoms with Crippen LogP contribution >= 0.6 is 7.82 Å². The van der Waals surface area contributed by atoms with Gasteiger partial charge in [-0.1, -0.05) is 135 Å². The number of nitrogens with two attached hydrogens (primary N) is 1. The fourth-order valence-electron chi connectivity index (χ4n) is 8.64. The first-order chi connectivity index (χ1) is 38.0. The number of unbranched alkanes of at least 4 members (excludes halogenated alkanes) is 18. The Bertz CT molecular complexity index is 2500. The number of likely N-dealkylation sites (N-methyl/N-ethyl adjacent to an activating group) is 1. The van der Waals surface area contributed by atoms with E-state index < -0.39 is 51.1 Å². The quantitative estimate of drug-likeness (QED) is 0.00713. The number of pyridine rings is 1. The fourth-order valence-corrected chi connectivity index (χ4v) is 9.38. The van der Waals surface area contributed by atoms with Crippen LogP contribution in [0.25, 0.3) is 11.0 Å². The van der Waals surface area contributed by atoms with Gasteiger partial charge < -0.3 is 39.2 Å². The van der Waals surface area contributed by atoms with Crippen molar-refractivity contribution in [3.8, 4) is 0 Å². The normalized spacial score (nSPS) is 13.0. The predicted octanol–water partition coefficient (Wildman–Crippen LogP) is 12.0. The first-order valence-electron chi connectivity index (χ1n) is 28.8. The highest BCUT2D eigenvalue weighted by Crippen LogP contribution is 2.43. The van der Waals surface area contributed by atoms with Gasteiger partial charge in [0.25, 0.3) is 5.91 Å². The van der Waals surface area contributed by atoms with Gasteiger partial charge in [0.1, 0.15) is 37.2 Å². The molecule has 0 aliphatic rings. The van der Waals surface area contributed by atoms with Gasteiger partial charge >= 0.3 is 25.9 Å². The number of fused-ring (bicyclic) bond motifs is 1. The van der Waals surface area contributed by atoms with Gasteiger partial charge in [-0.05, 0) is 67.4 Å². The number of aliphatic imine (C=N–C) groups is 1. The molecule has 4 aromatic rings.